The molecule has 0 aliphatic carbocycles. The number of hydrogen-bond acceptors (Lipinski definition) is 3. The van der Waals surface area contributed by atoms with Crippen LogP contribution in [0.4, 0.5) is 4.39 Å². The second-order valence-corrected chi connectivity index (χ2v) is 5.04. The summed E-state index contributed by atoms with van der Waals surface area (Å²) in [4.78, 5) is 25.2. The Balaban J connectivity index is 2.85. The minimum absolute atomic E-state index is 0.208. The molecular weight excluding hydrogens is 261 g/mol. The highest BCUT2D eigenvalue weighted by Crippen LogP contribution is 2.13. The van der Waals surface area contributed by atoms with Gasteiger partial charge in [-0.15, -0.1) is 0 Å². The molecule has 0 spiro atoms. The molecule has 1 aromatic carbocycles. The standard InChI is InChI=1S/C15H20FNO3/c1-9(2)20-15(19)11(4)17(5)14(18)12-7-6-10(3)13(16)8-12/h6-9,11H,1-5H3/t11-/m1/s1. The Labute approximate surface area is 118 Å². The number of carbonyl (C=O) groups excluding carboxylic acids is 2. The van der Waals surface area contributed by atoms with Crippen molar-refractivity contribution in [3.63, 3.8) is 0 Å². The molecule has 110 valence electrons. The smallest absolute Gasteiger partial charge is 0.328 e. The number of benzene rings is 1. The molecule has 20 heavy (non-hydrogen) atoms. The molecule has 1 atom stereocenters. The van der Waals surface area contributed by atoms with Crippen LogP contribution in [-0.4, -0.2) is 36.0 Å². The zero-order valence-electron chi connectivity index (χ0n) is 12.4. The number of aryl methyl sites for hydroxylation is 1. The SMILES string of the molecule is Cc1ccc(C(=O)N(C)[C@H](C)C(=O)OC(C)C)cc1F. The molecule has 5 heteroatoms. The maximum atomic E-state index is 13.5. The topological polar surface area (TPSA) is 46.6 Å². The average molecular weight is 281 g/mol. The number of amides is 1. The van der Waals surface area contributed by atoms with Crippen LogP contribution in [0.2, 0.25) is 0 Å². The quantitative estimate of drug-likeness (QED) is 0.797. The molecule has 0 aliphatic heterocycles. The van der Waals surface area contributed by atoms with Gasteiger partial charge in [0.1, 0.15) is 11.9 Å². The second-order valence-electron chi connectivity index (χ2n) is 5.04. The first kappa shape index (κ1) is 16.1. The summed E-state index contributed by atoms with van der Waals surface area (Å²) in [5.41, 5.74) is 0.677. The highest BCUT2D eigenvalue weighted by molar-refractivity contribution is 5.96. The average Bonchev–Trinajstić information content (AvgIpc) is 2.38. The van der Waals surface area contributed by atoms with E-state index in [0.29, 0.717) is 5.56 Å². The molecule has 1 aromatic rings. The first-order chi connectivity index (χ1) is 9.23. The zero-order chi connectivity index (χ0) is 15.4. The molecular formula is C15H20FNO3. The fourth-order valence-corrected chi connectivity index (χ4v) is 1.59. The van der Waals surface area contributed by atoms with E-state index in [1.165, 1.54) is 30.1 Å². The zero-order valence-corrected chi connectivity index (χ0v) is 12.4. The van der Waals surface area contributed by atoms with E-state index < -0.39 is 23.7 Å². The summed E-state index contributed by atoms with van der Waals surface area (Å²) in [5.74, 6) is -1.35. The Bertz CT molecular complexity index is 514. The van der Waals surface area contributed by atoms with Gasteiger partial charge in [0.25, 0.3) is 5.91 Å². The molecule has 0 fully saturated rings. The number of ether oxygens (including phenoxy) is 1. The molecule has 0 saturated carbocycles. The van der Waals surface area contributed by atoms with Crippen LogP contribution in [0.3, 0.4) is 0 Å². The fraction of sp³-hybridized carbons (Fsp3) is 0.467. The second kappa shape index (κ2) is 6.50. The molecule has 0 aliphatic rings. The van der Waals surface area contributed by atoms with Crippen molar-refractivity contribution in [3.05, 3.63) is 35.1 Å². The van der Waals surface area contributed by atoms with Crippen molar-refractivity contribution < 1.29 is 18.7 Å². The van der Waals surface area contributed by atoms with E-state index in [1.54, 1.807) is 27.7 Å². The van der Waals surface area contributed by atoms with Crippen molar-refractivity contribution in [3.8, 4) is 0 Å². The third-order valence-electron chi connectivity index (χ3n) is 3.01. The maximum absolute atomic E-state index is 13.5. The predicted molar refractivity (Wildman–Crippen MR) is 73.9 cm³/mol. The number of rotatable bonds is 4. The Morgan fingerprint density at radius 1 is 1.25 bits per heavy atom. The number of nitrogens with zero attached hydrogens (tertiary/aromatic N) is 1. The van der Waals surface area contributed by atoms with Crippen LogP contribution in [0.25, 0.3) is 0 Å². The van der Waals surface area contributed by atoms with Crippen LogP contribution in [-0.2, 0) is 9.53 Å². The van der Waals surface area contributed by atoms with Crippen LogP contribution in [0.15, 0.2) is 18.2 Å². The first-order valence-electron chi connectivity index (χ1n) is 6.47. The highest BCUT2D eigenvalue weighted by atomic mass is 19.1. The van der Waals surface area contributed by atoms with Crippen molar-refractivity contribution >= 4 is 11.9 Å². The summed E-state index contributed by atoms with van der Waals surface area (Å²) in [6.07, 6.45) is -0.245. The first-order valence-corrected chi connectivity index (χ1v) is 6.47. The number of carbonyl (C=O) groups is 2. The summed E-state index contributed by atoms with van der Waals surface area (Å²) in [5, 5.41) is 0. The number of likely N-dealkylation sites (N-methyl/N-ethyl adjacent to an activating group) is 1. The third-order valence-corrected chi connectivity index (χ3v) is 3.01. The summed E-state index contributed by atoms with van der Waals surface area (Å²) in [6, 6.07) is 3.52. The monoisotopic (exact) mass is 281 g/mol. The third kappa shape index (κ3) is 3.79. The molecule has 0 heterocycles. The van der Waals surface area contributed by atoms with Gasteiger partial charge in [-0.25, -0.2) is 9.18 Å². The van der Waals surface area contributed by atoms with E-state index in [-0.39, 0.29) is 11.7 Å². The van der Waals surface area contributed by atoms with Crippen molar-refractivity contribution in [2.75, 3.05) is 7.05 Å². The molecule has 0 saturated heterocycles. The lowest BCUT2D eigenvalue weighted by atomic mass is 10.1. The van der Waals surface area contributed by atoms with Gasteiger partial charge in [0.05, 0.1) is 6.10 Å². The predicted octanol–water partition coefficient (Wildman–Crippen LogP) is 2.55. The lowest BCUT2D eigenvalue weighted by Gasteiger charge is -2.24. The number of hydrogen-bond donors (Lipinski definition) is 0. The molecule has 1 rings (SSSR count). The Kier molecular flexibility index (Phi) is 5.25. The van der Waals surface area contributed by atoms with Gasteiger partial charge in [0, 0.05) is 12.6 Å². The fourth-order valence-electron chi connectivity index (χ4n) is 1.59. The summed E-state index contributed by atoms with van der Waals surface area (Å²) in [6.45, 7) is 6.67. The van der Waals surface area contributed by atoms with Crippen molar-refractivity contribution in [1.82, 2.24) is 4.90 Å². The van der Waals surface area contributed by atoms with Gasteiger partial charge in [0.2, 0.25) is 0 Å². The van der Waals surface area contributed by atoms with Crippen molar-refractivity contribution in [2.45, 2.75) is 39.8 Å². The van der Waals surface area contributed by atoms with Crippen molar-refractivity contribution in [2.24, 2.45) is 0 Å². The largest absolute Gasteiger partial charge is 0.461 e. The van der Waals surface area contributed by atoms with E-state index in [9.17, 15) is 14.0 Å². The van der Waals surface area contributed by atoms with Crippen LogP contribution in [0.1, 0.15) is 36.7 Å². The minimum Gasteiger partial charge on any atom is -0.461 e. The van der Waals surface area contributed by atoms with Gasteiger partial charge < -0.3 is 9.64 Å². The van der Waals surface area contributed by atoms with Gasteiger partial charge in [0.15, 0.2) is 0 Å². The van der Waals surface area contributed by atoms with E-state index in [1.807, 2.05) is 0 Å². The van der Waals surface area contributed by atoms with Crippen molar-refractivity contribution in [1.29, 1.82) is 0 Å². The van der Waals surface area contributed by atoms with Gasteiger partial charge in [-0.1, -0.05) is 6.07 Å². The lowest BCUT2D eigenvalue weighted by Crippen LogP contribution is -2.42. The van der Waals surface area contributed by atoms with Gasteiger partial charge >= 0.3 is 5.97 Å². The molecule has 1 amide bonds. The van der Waals surface area contributed by atoms with Crippen LogP contribution in [0.5, 0.6) is 0 Å². The number of halogens is 1. The molecule has 0 radical (unpaired) electrons. The van der Waals surface area contributed by atoms with Crippen LogP contribution in [0, 0.1) is 12.7 Å². The van der Waals surface area contributed by atoms with Crippen LogP contribution < -0.4 is 0 Å². The van der Waals surface area contributed by atoms with Gasteiger partial charge in [-0.3, -0.25) is 4.79 Å². The summed E-state index contributed by atoms with van der Waals surface area (Å²) >= 11 is 0. The molecule has 0 N–H and O–H groups in total. The van der Waals surface area contributed by atoms with E-state index in [4.69, 9.17) is 4.74 Å². The van der Waals surface area contributed by atoms with E-state index in [2.05, 4.69) is 0 Å². The Morgan fingerprint density at radius 3 is 2.35 bits per heavy atom. The number of esters is 1. The Hall–Kier alpha value is -1.91. The van der Waals surface area contributed by atoms with E-state index in [0.717, 1.165) is 0 Å². The normalized spacial score (nSPS) is 12.2. The molecule has 0 aromatic heterocycles. The van der Waals surface area contributed by atoms with E-state index >= 15 is 0 Å². The molecule has 4 nitrogen and oxygen atoms in total. The van der Waals surface area contributed by atoms with Gasteiger partial charge in [-0.05, 0) is 45.4 Å². The maximum Gasteiger partial charge on any atom is 0.328 e. The molecule has 0 unspecified atom stereocenters. The van der Waals surface area contributed by atoms with Gasteiger partial charge in [-0.2, -0.15) is 0 Å². The summed E-state index contributed by atoms with van der Waals surface area (Å²) in [7, 11) is 1.49. The van der Waals surface area contributed by atoms with Crippen LogP contribution >= 0.6 is 0 Å². The molecule has 0 bridgehead atoms. The minimum atomic E-state index is -0.728. The summed E-state index contributed by atoms with van der Waals surface area (Å²) < 4.78 is 18.5. The Morgan fingerprint density at radius 2 is 1.85 bits per heavy atom. The highest BCUT2D eigenvalue weighted by Gasteiger charge is 2.25. The lowest BCUT2D eigenvalue weighted by molar-refractivity contribution is -0.151.